The minimum atomic E-state index is -0.288. The quantitative estimate of drug-likeness (QED) is 0.432. The number of aryl methyl sites for hydroxylation is 2. The van der Waals surface area contributed by atoms with E-state index < -0.39 is 0 Å². The fraction of sp³-hybridized carbons (Fsp3) is 0.391. The topological polar surface area (TPSA) is 28.4 Å². The summed E-state index contributed by atoms with van der Waals surface area (Å²) in [5.74, 6) is 0. The van der Waals surface area contributed by atoms with Gasteiger partial charge in [0.25, 0.3) is 0 Å². The largest absolute Gasteiger partial charge is 0.394 e. The van der Waals surface area contributed by atoms with Crippen LogP contribution >= 0.6 is 30.3 Å². The first-order valence-electron chi connectivity index (χ1n) is 9.91. The molecule has 0 radical (unpaired) electrons. The van der Waals surface area contributed by atoms with E-state index in [0.29, 0.717) is 0 Å². The molecule has 0 aliphatic carbocycles. The number of nitrogens with zero attached hydrogens (tertiary/aromatic N) is 2. The molecule has 1 aromatic heterocycles. The summed E-state index contributed by atoms with van der Waals surface area (Å²) >= 11 is 2.35. The number of hydrogen-bond acceptors (Lipinski definition) is 3. The van der Waals surface area contributed by atoms with Gasteiger partial charge in [-0.15, -0.1) is 0 Å². The smallest absolute Gasteiger partial charge is 0.0696 e. The van der Waals surface area contributed by atoms with Gasteiger partial charge in [-0.1, -0.05) is 36.4 Å². The van der Waals surface area contributed by atoms with E-state index in [4.69, 9.17) is 0 Å². The summed E-state index contributed by atoms with van der Waals surface area (Å²) in [5.41, 5.74) is 6.31. The average molecular weight is 506 g/mol. The van der Waals surface area contributed by atoms with E-state index in [9.17, 15) is 5.11 Å². The number of rotatable bonds is 5. The predicted molar refractivity (Wildman–Crippen MR) is 128 cm³/mol. The van der Waals surface area contributed by atoms with Crippen molar-refractivity contribution in [1.82, 2.24) is 8.87 Å². The first-order valence-corrected chi connectivity index (χ1v) is 13.2. The third-order valence-corrected chi connectivity index (χ3v) is 8.06. The fourth-order valence-corrected chi connectivity index (χ4v) is 6.27. The van der Waals surface area contributed by atoms with Gasteiger partial charge in [0.05, 0.1) is 17.7 Å². The maximum atomic E-state index is 10.6. The lowest BCUT2D eigenvalue weighted by Gasteiger charge is -2.47. The van der Waals surface area contributed by atoms with Gasteiger partial charge in [-0.2, -0.15) is 0 Å². The Bertz CT molecular complexity index is 972. The Balaban J connectivity index is 1.80. The van der Waals surface area contributed by atoms with Crippen LogP contribution in [0.5, 0.6) is 0 Å². The molecule has 1 saturated heterocycles. The maximum absolute atomic E-state index is 10.6. The second-order valence-corrected chi connectivity index (χ2v) is 9.61. The highest BCUT2D eigenvalue weighted by Crippen LogP contribution is 2.40. The molecule has 4 rings (SSSR count). The lowest BCUT2D eigenvalue weighted by Crippen LogP contribution is -2.51. The molecule has 148 valence electrons. The Morgan fingerprint density at radius 2 is 1.89 bits per heavy atom. The summed E-state index contributed by atoms with van der Waals surface area (Å²) in [6, 6.07) is 15.2. The molecule has 2 aromatic carbocycles. The van der Waals surface area contributed by atoms with Crippen molar-refractivity contribution >= 4 is 41.2 Å². The van der Waals surface area contributed by atoms with Crippen LogP contribution < -0.4 is 0 Å². The standard InChI is InChI=1S/C23H27IN2OS/c1-17-14-18(2)22-20(10-13-26(22)28-24)21(17)15-25-12-7-6-11-23(25,16-27)19-8-4-3-5-9-19/h3-5,8-10,13-14,27H,6-7,11-12,15-16H2,1-2H3. The zero-order chi connectivity index (χ0) is 19.7. The van der Waals surface area contributed by atoms with E-state index in [1.165, 1.54) is 39.6 Å². The van der Waals surface area contributed by atoms with Crippen LogP contribution in [0.3, 0.4) is 0 Å². The van der Waals surface area contributed by atoms with Crippen molar-refractivity contribution in [2.24, 2.45) is 0 Å². The molecule has 0 bridgehead atoms. The number of fused-ring (bicyclic) bond motifs is 1. The van der Waals surface area contributed by atoms with Gasteiger partial charge in [-0.25, -0.2) is 0 Å². The van der Waals surface area contributed by atoms with Gasteiger partial charge in [0.1, 0.15) is 0 Å². The van der Waals surface area contributed by atoms with Crippen LogP contribution in [-0.4, -0.2) is 27.1 Å². The van der Waals surface area contributed by atoms with Gasteiger partial charge in [-0.3, -0.25) is 8.87 Å². The number of benzene rings is 2. The highest BCUT2D eigenvalue weighted by Gasteiger charge is 2.40. The predicted octanol–water partition coefficient (Wildman–Crippen LogP) is 5.98. The van der Waals surface area contributed by atoms with E-state index in [2.05, 4.69) is 92.6 Å². The van der Waals surface area contributed by atoms with Crippen molar-refractivity contribution in [3.8, 4) is 0 Å². The summed E-state index contributed by atoms with van der Waals surface area (Å²) in [4.78, 5) is 2.53. The normalized spacial score (nSPS) is 20.7. The molecule has 1 aliphatic heterocycles. The van der Waals surface area contributed by atoms with Gasteiger partial charge in [0.2, 0.25) is 0 Å². The minimum Gasteiger partial charge on any atom is -0.394 e. The number of likely N-dealkylation sites (tertiary alicyclic amines) is 1. The van der Waals surface area contributed by atoms with Crippen LogP contribution in [0.15, 0.2) is 48.7 Å². The Hall–Kier alpha value is -1.02. The number of piperidine rings is 1. The molecule has 3 aromatic rings. The number of aliphatic hydroxyl groups excluding tert-OH is 1. The average Bonchev–Trinajstić information content (AvgIpc) is 3.16. The number of aromatic nitrogens is 1. The molecular formula is C23H27IN2OS. The maximum Gasteiger partial charge on any atom is 0.0696 e. The molecule has 1 unspecified atom stereocenters. The second kappa shape index (κ2) is 8.38. The number of aliphatic hydroxyl groups is 1. The van der Waals surface area contributed by atoms with Crippen molar-refractivity contribution in [3.63, 3.8) is 0 Å². The Kier molecular flexibility index (Phi) is 6.06. The van der Waals surface area contributed by atoms with E-state index in [1.54, 1.807) is 9.12 Å². The lowest BCUT2D eigenvalue weighted by molar-refractivity contribution is -0.0112. The third kappa shape index (κ3) is 3.40. The summed E-state index contributed by atoms with van der Waals surface area (Å²) in [6.45, 7) is 6.48. The third-order valence-electron chi connectivity index (χ3n) is 6.33. The summed E-state index contributed by atoms with van der Waals surface area (Å²) in [5, 5.41) is 11.9. The van der Waals surface area contributed by atoms with Crippen LogP contribution in [0.1, 0.15) is 41.5 Å². The summed E-state index contributed by atoms with van der Waals surface area (Å²) in [7, 11) is 1.71. The molecule has 5 heteroatoms. The Labute approximate surface area is 183 Å². The Morgan fingerprint density at radius 1 is 1.11 bits per heavy atom. The first kappa shape index (κ1) is 20.3. The van der Waals surface area contributed by atoms with Gasteiger partial charge < -0.3 is 5.11 Å². The van der Waals surface area contributed by atoms with E-state index in [1.807, 2.05) is 0 Å². The molecular weight excluding hydrogens is 479 g/mol. The molecule has 2 heterocycles. The molecule has 0 amide bonds. The molecule has 1 N–H and O–H groups in total. The highest BCUT2D eigenvalue weighted by molar-refractivity contribution is 14.2. The first-order chi connectivity index (χ1) is 13.6. The van der Waals surface area contributed by atoms with Gasteiger partial charge in [-0.05, 0) is 68.0 Å². The molecule has 0 spiro atoms. The zero-order valence-electron chi connectivity index (χ0n) is 16.5. The van der Waals surface area contributed by atoms with Crippen molar-refractivity contribution in [1.29, 1.82) is 0 Å². The molecule has 1 aliphatic rings. The SMILES string of the molecule is Cc1cc(C)c2c(ccn2SI)c1CN1CCCCC1(CO)c1ccccc1. The van der Waals surface area contributed by atoms with E-state index >= 15 is 0 Å². The highest BCUT2D eigenvalue weighted by atomic mass is 127. The van der Waals surface area contributed by atoms with Crippen LogP contribution in [0.2, 0.25) is 0 Å². The molecule has 3 nitrogen and oxygen atoms in total. The number of hydrogen-bond donors (Lipinski definition) is 1. The number of halogens is 1. The molecule has 28 heavy (non-hydrogen) atoms. The zero-order valence-corrected chi connectivity index (χ0v) is 19.5. The van der Waals surface area contributed by atoms with Crippen molar-refractivity contribution < 1.29 is 5.11 Å². The van der Waals surface area contributed by atoms with Crippen molar-refractivity contribution in [2.75, 3.05) is 13.2 Å². The van der Waals surface area contributed by atoms with Crippen LogP contribution in [0.4, 0.5) is 0 Å². The van der Waals surface area contributed by atoms with Gasteiger partial charge in [0.15, 0.2) is 0 Å². The molecule has 0 saturated carbocycles. The van der Waals surface area contributed by atoms with Crippen LogP contribution in [0, 0.1) is 13.8 Å². The van der Waals surface area contributed by atoms with Gasteiger partial charge in [0, 0.05) is 48.5 Å². The van der Waals surface area contributed by atoms with Gasteiger partial charge >= 0.3 is 0 Å². The monoisotopic (exact) mass is 506 g/mol. The summed E-state index contributed by atoms with van der Waals surface area (Å²) in [6.07, 6.45) is 5.53. The second-order valence-electron chi connectivity index (χ2n) is 7.90. The minimum absolute atomic E-state index is 0.162. The van der Waals surface area contributed by atoms with E-state index in [-0.39, 0.29) is 12.1 Å². The van der Waals surface area contributed by atoms with Crippen molar-refractivity contribution in [3.05, 3.63) is 70.9 Å². The molecule has 1 fully saturated rings. The fourth-order valence-electron chi connectivity index (χ4n) is 4.86. The summed E-state index contributed by atoms with van der Waals surface area (Å²) < 4.78 is 2.25. The lowest BCUT2D eigenvalue weighted by atomic mass is 9.80. The van der Waals surface area contributed by atoms with Crippen molar-refractivity contribution in [2.45, 2.75) is 45.2 Å². The Morgan fingerprint density at radius 3 is 2.61 bits per heavy atom. The molecule has 1 atom stereocenters. The van der Waals surface area contributed by atoms with Crippen LogP contribution in [-0.2, 0) is 12.1 Å². The van der Waals surface area contributed by atoms with E-state index in [0.717, 1.165) is 25.9 Å². The van der Waals surface area contributed by atoms with Crippen LogP contribution in [0.25, 0.3) is 10.9 Å².